The van der Waals surface area contributed by atoms with Crippen LogP contribution in [0, 0.1) is 12.3 Å². The van der Waals surface area contributed by atoms with Crippen LogP contribution in [0.5, 0.6) is 5.75 Å². The van der Waals surface area contributed by atoms with Crippen LogP contribution in [-0.2, 0) is 10.0 Å². The number of nitrogens with zero attached hydrogens (tertiary/aromatic N) is 1. The Balaban J connectivity index is 2.11. The molecule has 0 aliphatic heterocycles. The third-order valence-electron chi connectivity index (χ3n) is 4.00. The Bertz CT molecular complexity index is 870. The molecule has 0 atom stereocenters. The number of sulfonamides is 1. The van der Waals surface area contributed by atoms with Crippen LogP contribution in [-0.4, -0.2) is 34.6 Å². The molecule has 2 aromatic carbocycles. The van der Waals surface area contributed by atoms with E-state index in [-0.39, 0.29) is 10.9 Å². The van der Waals surface area contributed by atoms with Gasteiger partial charge in [-0.3, -0.25) is 9.71 Å². The number of nitrogens with one attached hydrogen (secondary N) is 2. The van der Waals surface area contributed by atoms with Gasteiger partial charge in [-0.1, -0.05) is 24.3 Å². The van der Waals surface area contributed by atoms with E-state index >= 15 is 0 Å². The van der Waals surface area contributed by atoms with Gasteiger partial charge in [0.15, 0.2) is 5.96 Å². The van der Waals surface area contributed by atoms with Crippen LogP contribution in [0.2, 0.25) is 0 Å². The van der Waals surface area contributed by atoms with E-state index in [1.807, 2.05) is 19.1 Å². The Labute approximate surface area is 160 Å². The van der Waals surface area contributed by atoms with E-state index in [2.05, 4.69) is 5.32 Å². The van der Waals surface area contributed by atoms with Crippen molar-refractivity contribution in [2.24, 2.45) is 5.73 Å². The summed E-state index contributed by atoms with van der Waals surface area (Å²) in [4.78, 5) is 0.231. The SMILES string of the molecule is Cc1ccc(N(C)S(=O)(=O)c2ccccc2)c(OCCCCNC(=N)N)c1. The molecule has 27 heavy (non-hydrogen) atoms. The smallest absolute Gasteiger partial charge is 0.264 e. The molecule has 0 bridgehead atoms. The van der Waals surface area contributed by atoms with E-state index in [9.17, 15) is 8.42 Å². The number of hydrogen-bond acceptors (Lipinski definition) is 4. The van der Waals surface area contributed by atoms with Crippen LogP contribution < -0.4 is 20.1 Å². The van der Waals surface area contributed by atoms with Crippen LogP contribution in [0.3, 0.4) is 0 Å². The van der Waals surface area contributed by atoms with Crippen molar-refractivity contribution < 1.29 is 13.2 Å². The Hall–Kier alpha value is -2.74. The Kier molecular flexibility index (Phi) is 7.06. The number of rotatable bonds is 9. The van der Waals surface area contributed by atoms with Gasteiger partial charge in [0, 0.05) is 13.6 Å². The summed E-state index contributed by atoms with van der Waals surface area (Å²) in [5.41, 5.74) is 6.71. The summed E-state index contributed by atoms with van der Waals surface area (Å²) in [5, 5.41) is 9.85. The Morgan fingerprint density at radius 1 is 1.19 bits per heavy atom. The van der Waals surface area contributed by atoms with Crippen molar-refractivity contribution in [1.29, 1.82) is 5.41 Å². The first-order valence-electron chi connectivity index (χ1n) is 8.67. The molecule has 0 aromatic heterocycles. The number of nitrogens with two attached hydrogens (primary N) is 1. The molecule has 2 rings (SSSR count). The molecule has 4 N–H and O–H groups in total. The molecule has 146 valence electrons. The number of guanidine groups is 1. The summed E-state index contributed by atoms with van der Waals surface area (Å²) in [6.45, 7) is 2.97. The van der Waals surface area contributed by atoms with Gasteiger partial charge >= 0.3 is 0 Å². The molecule has 8 heteroatoms. The fourth-order valence-electron chi connectivity index (χ4n) is 2.51. The van der Waals surface area contributed by atoms with Gasteiger partial charge in [0.25, 0.3) is 10.0 Å². The fraction of sp³-hybridized carbons (Fsp3) is 0.316. The van der Waals surface area contributed by atoms with E-state index in [1.165, 1.54) is 11.4 Å². The molecular formula is C19H26N4O3S. The molecule has 0 aliphatic rings. The molecule has 0 saturated carbocycles. The van der Waals surface area contributed by atoms with Crippen molar-refractivity contribution in [2.45, 2.75) is 24.7 Å². The highest BCUT2D eigenvalue weighted by Crippen LogP contribution is 2.32. The molecule has 0 heterocycles. The average molecular weight is 391 g/mol. The van der Waals surface area contributed by atoms with E-state index in [0.29, 0.717) is 24.6 Å². The fourth-order valence-corrected chi connectivity index (χ4v) is 3.74. The predicted octanol–water partition coefficient (Wildman–Crippen LogP) is 2.46. The first-order chi connectivity index (χ1) is 12.8. The van der Waals surface area contributed by atoms with Crippen LogP contribution in [0.4, 0.5) is 5.69 Å². The van der Waals surface area contributed by atoms with Gasteiger partial charge in [-0.25, -0.2) is 8.42 Å². The molecular weight excluding hydrogens is 364 g/mol. The lowest BCUT2D eigenvalue weighted by atomic mass is 10.2. The van der Waals surface area contributed by atoms with Crippen molar-refractivity contribution in [3.05, 3.63) is 54.1 Å². The maximum Gasteiger partial charge on any atom is 0.264 e. The van der Waals surface area contributed by atoms with Gasteiger partial charge in [0.05, 0.1) is 17.2 Å². The van der Waals surface area contributed by atoms with Crippen LogP contribution >= 0.6 is 0 Å². The van der Waals surface area contributed by atoms with Crippen molar-refractivity contribution in [2.75, 3.05) is 24.5 Å². The molecule has 7 nitrogen and oxygen atoms in total. The van der Waals surface area contributed by atoms with Gasteiger partial charge < -0.3 is 15.8 Å². The quantitative estimate of drug-likeness (QED) is 0.346. The van der Waals surface area contributed by atoms with Crippen molar-refractivity contribution in [1.82, 2.24) is 5.32 Å². The zero-order valence-electron chi connectivity index (χ0n) is 15.6. The second-order valence-corrected chi connectivity index (χ2v) is 8.12. The minimum Gasteiger partial charge on any atom is -0.491 e. The number of aryl methyl sites for hydroxylation is 1. The first-order valence-corrected chi connectivity index (χ1v) is 10.1. The lowest BCUT2D eigenvalue weighted by molar-refractivity contribution is 0.308. The highest BCUT2D eigenvalue weighted by molar-refractivity contribution is 7.92. The minimum atomic E-state index is -3.67. The van der Waals surface area contributed by atoms with Gasteiger partial charge in [-0.15, -0.1) is 0 Å². The third-order valence-corrected chi connectivity index (χ3v) is 5.79. The first kappa shape index (κ1) is 20.6. The largest absolute Gasteiger partial charge is 0.491 e. The normalized spacial score (nSPS) is 11.0. The molecule has 0 saturated heterocycles. The molecule has 2 aromatic rings. The van der Waals surface area contributed by atoms with Crippen molar-refractivity contribution in [3.8, 4) is 5.75 Å². The zero-order valence-corrected chi connectivity index (χ0v) is 16.4. The molecule has 0 amide bonds. The molecule has 0 fully saturated rings. The predicted molar refractivity (Wildman–Crippen MR) is 108 cm³/mol. The number of unbranched alkanes of at least 4 members (excludes halogenated alkanes) is 1. The lowest BCUT2D eigenvalue weighted by Crippen LogP contribution is -2.31. The number of ether oxygens (including phenoxy) is 1. The van der Waals surface area contributed by atoms with E-state index < -0.39 is 10.0 Å². The number of benzene rings is 2. The highest BCUT2D eigenvalue weighted by atomic mass is 32.2. The topological polar surface area (TPSA) is 109 Å². The molecule has 0 radical (unpaired) electrons. The molecule has 0 aliphatic carbocycles. The van der Waals surface area contributed by atoms with Crippen molar-refractivity contribution >= 4 is 21.7 Å². The second-order valence-electron chi connectivity index (χ2n) is 6.15. The summed E-state index contributed by atoms with van der Waals surface area (Å²) in [6.07, 6.45) is 1.54. The maximum absolute atomic E-state index is 12.9. The van der Waals surface area contributed by atoms with E-state index in [4.69, 9.17) is 15.9 Å². The summed E-state index contributed by atoms with van der Waals surface area (Å²) < 4.78 is 32.9. The van der Waals surface area contributed by atoms with E-state index in [0.717, 1.165) is 18.4 Å². The summed E-state index contributed by atoms with van der Waals surface area (Å²) in [7, 11) is -2.15. The Morgan fingerprint density at radius 2 is 1.89 bits per heavy atom. The second kappa shape index (κ2) is 9.27. The summed E-state index contributed by atoms with van der Waals surface area (Å²) in [6, 6.07) is 13.8. The van der Waals surface area contributed by atoms with Gasteiger partial charge in [0.1, 0.15) is 5.75 Å². The molecule has 0 unspecified atom stereocenters. The van der Waals surface area contributed by atoms with Gasteiger partial charge in [-0.2, -0.15) is 0 Å². The van der Waals surface area contributed by atoms with Crippen LogP contribution in [0.15, 0.2) is 53.4 Å². The van der Waals surface area contributed by atoms with E-state index in [1.54, 1.807) is 36.4 Å². The minimum absolute atomic E-state index is 0.0513. The summed E-state index contributed by atoms with van der Waals surface area (Å²) in [5.74, 6) is 0.473. The summed E-state index contributed by atoms with van der Waals surface area (Å²) >= 11 is 0. The number of anilines is 1. The Morgan fingerprint density at radius 3 is 2.56 bits per heavy atom. The standard InChI is InChI=1S/C19H26N4O3S/c1-15-10-11-17(18(14-15)26-13-7-6-12-22-19(20)21)23(2)27(24,25)16-8-4-3-5-9-16/h3-5,8-11,14H,6-7,12-13H2,1-2H3,(H4,20,21,22). The van der Waals surface area contributed by atoms with Crippen LogP contribution in [0.25, 0.3) is 0 Å². The molecule has 0 spiro atoms. The number of hydrogen-bond donors (Lipinski definition) is 3. The van der Waals surface area contributed by atoms with Gasteiger partial charge in [0.2, 0.25) is 0 Å². The average Bonchev–Trinajstić information content (AvgIpc) is 2.64. The van der Waals surface area contributed by atoms with Crippen molar-refractivity contribution in [3.63, 3.8) is 0 Å². The maximum atomic E-state index is 12.9. The van der Waals surface area contributed by atoms with Crippen LogP contribution in [0.1, 0.15) is 18.4 Å². The van der Waals surface area contributed by atoms with Gasteiger partial charge in [-0.05, 0) is 49.6 Å². The lowest BCUT2D eigenvalue weighted by Gasteiger charge is -2.22. The third kappa shape index (κ3) is 5.62. The zero-order chi connectivity index (χ0) is 19.9. The monoisotopic (exact) mass is 390 g/mol. The highest BCUT2D eigenvalue weighted by Gasteiger charge is 2.23.